The van der Waals surface area contributed by atoms with Gasteiger partial charge in [0.25, 0.3) is 0 Å². The molecule has 3 rings (SSSR count). The lowest BCUT2D eigenvalue weighted by Gasteiger charge is -2.15. The molecule has 0 aromatic heterocycles. The van der Waals surface area contributed by atoms with Gasteiger partial charge in [-0.1, -0.05) is 50.2 Å². The number of ether oxygens (including phenoxy) is 1. The van der Waals surface area contributed by atoms with Gasteiger partial charge < -0.3 is 4.74 Å². The van der Waals surface area contributed by atoms with Crippen LogP contribution in [0.3, 0.4) is 0 Å². The molecule has 3 aromatic rings. The average molecular weight is 344 g/mol. The maximum atomic E-state index is 10.7. The van der Waals surface area contributed by atoms with Gasteiger partial charge in [0, 0.05) is 5.56 Å². The number of benzene rings is 3. The quantitative estimate of drug-likeness (QED) is 0.501. The number of hydrogen-bond acceptors (Lipinski definition) is 2. The van der Waals surface area contributed by atoms with Crippen LogP contribution in [0, 0.1) is 0 Å². The first-order valence-corrected chi connectivity index (χ1v) is 9.13. The van der Waals surface area contributed by atoms with E-state index >= 15 is 0 Å². The number of rotatable bonds is 7. The van der Waals surface area contributed by atoms with E-state index in [1.165, 1.54) is 22.3 Å². The molecule has 0 atom stereocenters. The smallest absolute Gasteiger partial charge is 0.150 e. The van der Waals surface area contributed by atoms with Gasteiger partial charge in [0.05, 0.1) is 0 Å². The number of aldehydes is 1. The summed E-state index contributed by atoms with van der Waals surface area (Å²) in [6, 6.07) is 22.3. The van der Waals surface area contributed by atoms with Crippen molar-refractivity contribution in [2.24, 2.45) is 0 Å². The minimum Gasteiger partial charge on any atom is -0.489 e. The van der Waals surface area contributed by atoms with Crippen molar-refractivity contribution in [2.75, 3.05) is 0 Å². The first kappa shape index (κ1) is 17.9. The van der Waals surface area contributed by atoms with Crippen LogP contribution in [0.2, 0.25) is 0 Å². The maximum Gasteiger partial charge on any atom is 0.150 e. The molecule has 0 bridgehead atoms. The number of aryl methyl sites for hydroxylation is 2. The lowest BCUT2D eigenvalue weighted by Crippen LogP contribution is -1.98. The summed E-state index contributed by atoms with van der Waals surface area (Å²) in [7, 11) is 0. The Balaban J connectivity index is 1.83. The van der Waals surface area contributed by atoms with E-state index in [0.717, 1.165) is 30.4 Å². The molecule has 3 aromatic carbocycles. The Bertz CT molecular complexity index is 857. The molecule has 0 heterocycles. The van der Waals surface area contributed by atoms with Crippen molar-refractivity contribution in [1.29, 1.82) is 0 Å². The largest absolute Gasteiger partial charge is 0.489 e. The summed E-state index contributed by atoms with van der Waals surface area (Å²) in [5, 5.41) is 0. The highest BCUT2D eigenvalue weighted by Gasteiger charge is 2.09. The summed E-state index contributed by atoms with van der Waals surface area (Å²) in [4.78, 5) is 10.7. The van der Waals surface area contributed by atoms with Crippen molar-refractivity contribution in [3.8, 4) is 16.9 Å². The topological polar surface area (TPSA) is 26.3 Å². The number of hydrogen-bond donors (Lipinski definition) is 0. The molecular weight excluding hydrogens is 320 g/mol. The van der Waals surface area contributed by atoms with Crippen LogP contribution in [0.15, 0.2) is 66.7 Å². The Hall–Kier alpha value is -2.87. The summed E-state index contributed by atoms with van der Waals surface area (Å²) in [6.45, 7) is 4.91. The van der Waals surface area contributed by atoms with Gasteiger partial charge >= 0.3 is 0 Å². The third kappa shape index (κ3) is 4.02. The van der Waals surface area contributed by atoms with Crippen molar-refractivity contribution in [3.05, 3.63) is 89.0 Å². The van der Waals surface area contributed by atoms with Gasteiger partial charge in [-0.15, -0.1) is 0 Å². The van der Waals surface area contributed by atoms with Crippen molar-refractivity contribution >= 4 is 6.29 Å². The van der Waals surface area contributed by atoms with Crippen molar-refractivity contribution < 1.29 is 9.53 Å². The monoisotopic (exact) mass is 344 g/mol. The molecular formula is C24H24O2. The molecule has 0 saturated carbocycles. The van der Waals surface area contributed by atoms with Crippen molar-refractivity contribution in [3.63, 3.8) is 0 Å². The fraction of sp³-hybridized carbons (Fsp3) is 0.208. The fourth-order valence-electron chi connectivity index (χ4n) is 3.24. The standard InChI is InChI=1S/C24H24O2/c1-3-20-8-6-9-21(4-2)24(20)22-10-5-7-19(15-22)17-26-23-13-11-18(16-25)12-14-23/h5-16H,3-4,17H2,1-2H3. The van der Waals surface area contributed by atoms with E-state index in [4.69, 9.17) is 4.74 Å². The second kappa shape index (κ2) is 8.48. The number of carbonyl (C=O) groups excluding carboxylic acids is 1. The Morgan fingerprint density at radius 3 is 2.12 bits per heavy atom. The molecule has 0 aliphatic heterocycles. The third-order valence-corrected chi connectivity index (χ3v) is 4.64. The normalized spacial score (nSPS) is 10.5. The van der Waals surface area contributed by atoms with E-state index in [-0.39, 0.29) is 0 Å². The van der Waals surface area contributed by atoms with Crippen LogP contribution in [-0.2, 0) is 19.4 Å². The zero-order valence-electron chi connectivity index (χ0n) is 15.4. The Kier molecular flexibility index (Phi) is 5.85. The molecule has 0 radical (unpaired) electrons. The van der Waals surface area contributed by atoms with E-state index < -0.39 is 0 Å². The van der Waals surface area contributed by atoms with Crippen LogP contribution in [0.5, 0.6) is 5.75 Å². The highest BCUT2D eigenvalue weighted by Crippen LogP contribution is 2.30. The maximum absolute atomic E-state index is 10.7. The molecule has 0 N–H and O–H groups in total. The van der Waals surface area contributed by atoms with Gasteiger partial charge in [0.15, 0.2) is 0 Å². The Morgan fingerprint density at radius 1 is 0.846 bits per heavy atom. The van der Waals surface area contributed by atoms with Gasteiger partial charge in [0.2, 0.25) is 0 Å². The van der Waals surface area contributed by atoms with Gasteiger partial charge in [-0.2, -0.15) is 0 Å². The van der Waals surface area contributed by atoms with Crippen LogP contribution in [0.4, 0.5) is 0 Å². The fourth-order valence-corrected chi connectivity index (χ4v) is 3.24. The van der Waals surface area contributed by atoms with Crippen LogP contribution in [-0.4, -0.2) is 6.29 Å². The van der Waals surface area contributed by atoms with E-state index in [1.807, 2.05) is 12.1 Å². The molecule has 132 valence electrons. The Morgan fingerprint density at radius 2 is 1.50 bits per heavy atom. The number of carbonyl (C=O) groups is 1. The van der Waals surface area contributed by atoms with Crippen LogP contribution in [0.1, 0.15) is 40.9 Å². The summed E-state index contributed by atoms with van der Waals surface area (Å²) < 4.78 is 5.88. The van der Waals surface area contributed by atoms with Gasteiger partial charge in [-0.25, -0.2) is 0 Å². The average Bonchev–Trinajstić information content (AvgIpc) is 2.72. The zero-order chi connectivity index (χ0) is 18.4. The van der Waals surface area contributed by atoms with Crippen molar-refractivity contribution in [2.45, 2.75) is 33.3 Å². The molecule has 0 unspecified atom stereocenters. The van der Waals surface area contributed by atoms with Crippen LogP contribution in [0.25, 0.3) is 11.1 Å². The molecule has 0 fully saturated rings. The first-order valence-electron chi connectivity index (χ1n) is 9.13. The van der Waals surface area contributed by atoms with Gasteiger partial charge in [-0.3, -0.25) is 4.79 Å². The second-order valence-corrected chi connectivity index (χ2v) is 6.33. The predicted octanol–water partition coefficient (Wildman–Crippen LogP) is 5.87. The van der Waals surface area contributed by atoms with E-state index in [0.29, 0.717) is 12.2 Å². The van der Waals surface area contributed by atoms with E-state index in [9.17, 15) is 4.79 Å². The van der Waals surface area contributed by atoms with Crippen LogP contribution < -0.4 is 4.74 Å². The summed E-state index contributed by atoms with van der Waals surface area (Å²) in [5.74, 6) is 0.768. The predicted molar refractivity (Wildman–Crippen MR) is 107 cm³/mol. The molecule has 26 heavy (non-hydrogen) atoms. The SMILES string of the molecule is CCc1cccc(CC)c1-c1cccc(COc2ccc(C=O)cc2)c1. The first-order chi connectivity index (χ1) is 12.7. The molecule has 2 nitrogen and oxygen atoms in total. The lowest BCUT2D eigenvalue weighted by atomic mass is 9.91. The Labute approximate surface area is 155 Å². The minimum absolute atomic E-state index is 0.504. The lowest BCUT2D eigenvalue weighted by molar-refractivity contribution is 0.112. The summed E-state index contributed by atoms with van der Waals surface area (Å²) in [5.41, 5.74) is 7.16. The van der Waals surface area contributed by atoms with Crippen molar-refractivity contribution in [1.82, 2.24) is 0 Å². The van der Waals surface area contributed by atoms with E-state index in [2.05, 4.69) is 56.3 Å². The van der Waals surface area contributed by atoms with Crippen LogP contribution >= 0.6 is 0 Å². The molecule has 0 aliphatic carbocycles. The van der Waals surface area contributed by atoms with Gasteiger partial charge in [-0.05, 0) is 71.0 Å². The minimum atomic E-state index is 0.504. The highest BCUT2D eigenvalue weighted by molar-refractivity contribution is 5.75. The van der Waals surface area contributed by atoms with Gasteiger partial charge in [0.1, 0.15) is 18.6 Å². The molecule has 0 spiro atoms. The third-order valence-electron chi connectivity index (χ3n) is 4.64. The van der Waals surface area contributed by atoms with E-state index in [1.54, 1.807) is 12.1 Å². The second-order valence-electron chi connectivity index (χ2n) is 6.33. The molecule has 0 aliphatic rings. The molecule has 0 saturated heterocycles. The summed E-state index contributed by atoms with van der Waals surface area (Å²) in [6.07, 6.45) is 2.88. The molecule has 2 heteroatoms. The summed E-state index contributed by atoms with van der Waals surface area (Å²) >= 11 is 0. The zero-order valence-corrected chi connectivity index (χ0v) is 15.4. The highest BCUT2D eigenvalue weighted by atomic mass is 16.5. The molecule has 0 amide bonds.